The predicted octanol–water partition coefficient (Wildman–Crippen LogP) is 6.22. The lowest BCUT2D eigenvalue weighted by Gasteiger charge is -1.78. The van der Waals surface area contributed by atoms with E-state index >= 15 is 0 Å². The summed E-state index contributed by atoms with van der Waals surface area (Å²) in [6.07, 6.45) is 0. The zero-order valence-corrected chi connectivity index (χ0v) is 14.4. The number of alkyl halides is 1. The zero-order valence-electron chi connectivity index (χ0n) is 7.97. The average molecular weight is 433 g/mol. The molecule has 0 aromatic carbocycles. The lowest BCUT2D eigenvalue weighted by molar-refractivity contribution is 1.52. The molecule has 0 nitrogen and oxygen atoms in total. The quantitative estimate of drug-likeness (QED) is 0.469. The highest BCUT2D eigenvalue weighted by molar-refractivity contribution is 9.11. The Morgan fingerprint density at radius 1 is 1.20 bits per heavy atom. The molecular formula is C10H9Br3S2. The van der Waals surface area contributed by atoms with Gasteiger partial charge in [-0.3, -0.25) is 0 Å². The summed E-state index contributed by atoms with van der Waals surface area (Å²) >= 11 is 13.6. The van der Waals surface area contributed by atoms with Crippen LogP contribution in [0.3, 0.4) is 0 Å². The summed E-state index contributed by atoms with van der Waals surface area (Å²) in [5, 5.41) is 5.16. The topological polar surface area (TPSA) is 0 Å². The van der Waals surface area contributed by atoms with Gasteiger partial charge in [-0.05, 0) is 61.9 Å². The van der Waals surface area contributed by atoms with Crippen molar-refractivity contribution in [3.8, 4) is 0 Å². The van der Waals surface area contributed by atoms with Crippen LogP contribution in [0.15, 0.2) is 31.2 Å². The first-order valence-electron chi connectivity index (χ1n) is 4.12. The first-order chi connectivity index (χ1) is 7.13. The zero-order chi connectivity index (χ0) is 11.3. The summed E-state index contributed by atoms with van der Waals surface area (Å²) in [5.41, 5.74) is 1.32. The molecule has 0 saturated heterocycles. The van der Waals surface area contributed by atoms with Crippen LogP contribution in [0.2, 0.25) is 0 Å². The molecule has 2 heterocycles. The minimum atomic E-state index is 0.962. The van der Waals surface area contributed by atoms with Gasteiger partial charge in [-0.25, -0.2) is 0 Å². The van der Waals surface area contributed by atoms with Crippen LogP contribution in [0.1, 0.15) is 10.4 Å². The molecular weight excluding hydrogens is 424 g/mol. The van der Waals surface area contributed by atoms with E-state index in [1.165, 1.54) is 18.7 Å². The highest BCUT2D eigenvalue weighted by Gasteiger charge is 1.92. The van der Waals surface area contributed by atoms with E-state index in [0.29, 0.717) is 0 Å². The van der Waals surface area contributed by atoms with Crippen LogP contribution in [0.25, 0.3) is 0 Å². The molecule has 0 aliphatic heterocycles. The van der Waals surface area contributed by atoms with Crippen LogP contribution < -0.4 is 0 Å². The van der Waals surface area contributed by atoms with Gasteiger partial charge in [0.15, 0.2) is 0 Å². The first kappa shape index (κ1) is 13.9. The smallest absolute Gasteiger partial charge is 0.0701 e. The molecule has 0 spiro atoms. The fourth-order valence-electron chi connectivity index (χ4n) is 0.769. The normalized spacial score (nSPS) is 9.60. The Balaban J connectivity index is 0.000000151. The average Bonchev–Trinajstić information content (AvgIpc) is 2.78. The molecule has 0 saturated carbocycles. The van der Waals surface area contributed by atoms with Crippen molar-refractivity contribution in [1.29, 1.82) is 0 Å². The van der Waals surface area contributed by atoms with Crippen molar-refractivity contribution in [3.63, 3.8) is 0 Å². The van der Waals surface area contributed by atoms with Crippen molar-refractivity contribution in [2.24, 2.45) is 0 Å². The van der Waals surface area contributed by atoms with Gasteiger partial charge < -0.3 is 0 Å². The molecule has 2 aromatic rings. The van der Waals surface area contributed by atoms with Crippen molar-refractivity contribution in [3.05, 3.63) is 41.6 Å². The van der Waals surface area contributed by atoms with Gasteiger partial charge in [0.05, 0.1) is 3.79 Å². The molecule has 2 aromatic heterocycles. The molecule has 0 N–H and O–H groups in total. The Bertz CT molecular complexity index is 390. The fraction of sp³-hybridized carbons (Fsp3) is 0.200. The molecule has 0 aliphatic carbocycles. The van der Waals surface area contributed by atoms with Crippen LogP contribution in [-0.4, -0.2) is 0 Å². The van der Waals surface area contributed by atoms with Crippen molar-refractivity contribution in [2.75, 3.05) is 0 Å². The third-order valence-electron chi connectivity index (χ3n) is 1.55. The van der Waals surface area contributed by atoms with Crippen LogP contribution in [0, 0.1) is 6.92 Å². The maximum atomic E-state index is 3.38. The van der Waals surface area contributed by atoms with Gasteiger partial charge in [0.1, 0.15) is 0 Å². The second-order valence-electron chi connectivity index (χ2n) is 2.74. The Morgan fingerprint density at radius 2 is 1.93 bits per heavy atom. The number of aryl methyl sites for hydroxylation is 1. The Kier molecular flexibility index (Phi) is 6.69. The molecule has 0 radical (unpaired) electrons. The van der Waals surface area contributed by atoms with Gasteiger partial charge in [0, 0.05) is 20.1 Å². The maximum Gasteiger partial charge on any atom is 0.0701 e. The summed E-state index contributed by atoms with van der Waals surface area (Å²) in [6, 6.07) is 4.16. The fourth-order valence-corrected chi connectivity index (χ4v) is 3.93. The van der Waals surface area contributed by atoms with E-state index in [1.807, 2.05) is 0 Å². The van der Waals surface area contributed by atoms with Gasteiger partial charge in [-0.1, -0.05) is 15.9 Å². The highest BCUT2D eigenvalue weighted by Crippen LogP contribution is 2.23. The van der Waals surface area contributed by atoms with Crippen molar-refractivity contribution >= 4 is 70.5 Å². The Morgan fingerprint density at radius 3 is 2.13 bits per heavy atom. The molecule has 0 fully saturated rings. The molecule has 0 unspecified atom stereocenters. The van der Waals surface area contributed by atoms with Gasteiger partial charge >= 0.3 is 0 Å². The SMILES string of the molecule is BrCc1ccc(Br)s1.Cc1cscc1Br. The van der Waals surface area contributed by atoms with E-state index < -0.39 is 0 Å². The molecule has 15 heavy (non-hydrogen) atoms. The summed E-state index contributed by atoms with van der Waals surface area (Å²) in [4.78, 5) is 1.36. The van der Waals surface area contributed by atoms with Crippen molar-refractivity contribution < 1.29 is 0 Å². The van der Waals surface area contributed by atoms with Crippen molar-refractivity contribution in [2.45, 2.75) is 12.3 Å². The predicted molar refractivity (Wildman–Crippen MR) is 81.4 cm³/mol. The molecule has 5 heteroatoms. The second-order valence-corrected chi connectivity index (χ2v) is 7.45. The monoisotopic (exact) mass is 430 g/mol. The van der Waals surface area contributed by atoms with E-state index in [0.717, 1.165) is 5.33 Å². The lowest BCUT2D eigenvalue weighted by Crippen LogP contribution is -1.57. The molecule has 0 bridgehead atoms. The minimum absolute atomic E-state index is 0.962. The Labute approximate surface area is 123 Å². The number of rotatable bonds is 1. The highest BCUT2D eigenvalue weighted by atomic mass is 79.9. The third kappa shape index (κ3) is 5.13. The number of thiophene rings is 2. The van der Waals surface area contributed by atoms with Gasteiger partial charge in [-0.2, -0.15) is 11.3 Å². The number of hydrogen-bond donors (Lipinski definition) is 0. The standard InChI is InChI=1S/C5H4Br2S.C5H5BrS/c6-3-4-1-2-5(7)8-4;1-4-2-7-3-5(4)6/h1-2H,3H2;2-3H,1H3. The van der Waals surface area contributed by atoms with E-state index in [1.54, 1.807) is 22.7 Å². The summed E-state index contributed by atoms with van der Waals surface area (Å²) in [7, 11) is 0. The van der Waals surface area contributed by atoms with Gasteiger partial charge in [-0.15, -0.1) is 11.3 Å². The largest absolute Gasteiger partial charge is 0.151 e. The van der Waals surface area contributed by atoms with E-state index in [2.05, 4.69) is 77.6 Å². The van der Waals surface area contributed by atoms with E-state index in [9.17, 15) is 0 Å². The van der Waals surface area contributed by atoms with Gasteiger partial charge in [0.2, 0.25) is 0 Å². The molecule has 2 rings (SSSR count). The molecule has 0 aliphatic rings. The molecule has 0 amide bonds. The number of halogens is 3. The first-order valence-corrected chi connectivity index (χ1v) is 8.58. The van der Waals surface area contributed by atoms with E-state index in [-0.39, 0.29) is 0 Å². The molecule has 82 valence electrons. The van der Waals surface area contributed by atoms with Gasteiger partial charge in [0.25, 0.3) is 0 Å². The molecule has 0 atom stereocenters. The van der Waals surface area contributed by atoms with Crippen LogP contribution in [-0.2, 0) is 5.33 Å². The number of hydrogen-bond acceptors (Lipinski definition) is 2. The summed E-state index contributed by atoms with van der Waals surface area (Å²) in [6.45, 7) is 2.08. The summed E-state index contributed by atoms with van der Waals surface area (Å²) in [5.74, 6) is 0. The summed E-state index contributed by atoms with van der Waals surface area (Å²) < 4.78 is 2.42. The second kappa shape index (κ2) is 7.22. The van der Waals surface area contributed by atoms with Crippen LogP contribution in [0.4, 0.5) is 0 Å². The van der Waals surface area contributed by atoms with Crippen LogP contribution >= 0.6 is 70.5 Å². The lowest BCUT2D eigenvalue weighted by atomic mass is 10.4. The van der Waals surface area contributed by atoms with Crippen molar-refractivity contribution in [1.82, 2.24) is 0 Å². The van der Waals surface area contributed by atoms with Crippen LogP contribution in [0.5, 0.6) is 0 Å². The third-order valence-corrected chi connectivity index (χ3v) is 6.17. The minimum Gasteiger partial charge on any atom is -0.151 e. The maximum absolute atomic E-state index is 3.38. The Hall–Kier alpha value is 0.840. The van der Waals surface area contributed by atoms with E-state index in [4.69, 9.17) is 0 Å².